The molecule has 4 heteroatoms. The molecule has 4 nitrogen and oxygen atoms in total. The summed E-state index contributed by atoms with van der Waals surface area (Å²) in [5, 5.41) is 8.97. The van der Waals surface area contributed by atoms with Gasteiger partial charge < -0.3 is 10.0 Å². The molecule has 1 N–H and O–H groups in total. The second kappa shape index (κ2) is 4.44. The normalized spacial score (nSPS) is 19.4. The van der Waals surface area contributed by atoms with E-state index in [2.05, 4.69) is 0 Å². The molecule has 1 aromatic carbocycles. The summed E-state index contributed by atoms with van der Waals surface area (Å²) in [6.07, 6.45) is 0.0985. The first-order valence-electron chi connectivity index (χ1n) is 6.01. The molecule has 1 aliphatic rings. The molecule has 1 amide bonds. The molecule has 1 saturated heterocycles. The summed E-state index contributed by atoms with van der Waals surface area (Å²) in [5.41, 5.74) is 4.26. The first-order valence-corrected chi connectivity index (χ1v) is 6.01. The molecule has 0 aromatic heterocycles. The summed E-state index contributed by atoms with van der Waals surface area (Å²) in [5.74, 6) is -1.59. The van der Waals surface area contributed by atoms with Gasteiger partial charge in [-0.15, -0.1) is 0 Å². The molecule has 96 valence electrons. The number of hydrogen-bond acceptors (Lipinski definition) is 2. The molecule has 1 atom stereocenters. The Morgan fingerprint density at radius 3 is 2.28 bits per heavy atom. The van der Waals surface area contributed by atoms with Crippen molar-refractivity contribution in [2.75, 3.05) is 11.4 Å². The standard InChI is InChI=1S/C14H17NO3/c1-8-4-12(5-9(2)10(8)3)15-7-11(14(17)18)6-13(15)16/h4-5,11H,6-7H2,1-3H3,(H,17,18). The van der Waals surface area contributed by atoms with Crippen LogP contribution >= 0.6 is 0 Å². The molecule has 2 rings (SSSR count). The van der Waals surface area contributed by atoms with Crippen LogP contribution in [0.3, 0.4) is 0 Å². The molecule has 1 aliphatic heterocycles. The Morgan fingerprint density at radius 1 is 1.28 bits per heavy atom. The largest absolute Gasteiger partial charge is 0.481 e. The third-order valence-electron chi connectivity index (χ3n) is 3.70. The highest BCUT2D eigenvalue weighted by molar-refractivity contribution is 5.99. The molecule has 0 radical (unpaired) electrons. The van der Waals surface area contributed by atoms with Gasteiger partial charge in [0.1, 0.15) is 0 Å². The van der Waals surface area contributed by atoms with Crippen molar-refractivity contribution in [3.63, 3.8) is 0 Å². The summed E-state index contributed by atoms with van der Waals surface area (Å²) in [7, 11) is 0. The van der Waals surface area contributed by atoms with Crippen LogP contribution in [0, 0.1) is 26.7 Å². The number of anilines is 1. The Hall–Kier alpha value is -1.84. The van der Waals surface area contributed by atoms with Crippen LogP contribution in [0.2, 0.25) is 0 Å². The lowest BCUT2D eigenvalue weighted by atomic mass is 10.0. The first kappa shape index (κ1) is 12.6. The van der Waals surface area contributed by atoms with Gasteiger partial charge in [-0.2, -0.15) is 0 Å². The van der Waals surface area contributed by atoms with E-state index in [0.29, 0.717) is 0 Å². The lowest BCUT2D eigenvalue weighted by Crippen LogP contribution is -2.26. The molecule has 0 spiro atoms. The number of carboxylic acids is 1. The van der Waals surface area contributed by atoms with Crippen molar-refractivity contribution >= 4 is 17.6 Å². The van der Waals surface area contributed by atoms with Gasteiger partial charge in [-0.1, -0.05) is 0 Å². The molecule has 0 aliphatic carbocycles. The summed E-state index contributed by atoms with van der Waals surface area (Å²) in [4.78, 5) is 24.4. The quantitative estimate of drug-likeness (QED) is 0.870. The number of carbonyl (C=O) groups is 2. The van der Waals surface area contributed by atoms with Crippen LogP contribution in [0.4, 0.5) is 5.69 Å². The van der Waals surface area contributed by atoms with E-state index < -0.39 is 11.9 Å². The Labute approximate surface area is 106 Å². The maximum Gasteiger partial charge on any atom is 0.308 e. The number of hydrogen-bond donors (Lipinski definition) is 1. The van der Waals surface area contributed by atoms with E-state index in [1.165, 1.54) is 5.56 Å². The molecular weight excluding hydrogens is 230 g/mol. The van der Waals surface area contributed by atoms with Crippen molar-refractivity contribution in [2.24, 2.45) is 5.92 Å². The van der Waals surface area contributed by atoms with Crippen LogP contribution in [0.5, 0.6) is 0 Å². The van der Waals surface area contributed by atoms with E-state index in [1.807, 2.05) is 32.9 Å². The van der Waals surface area contributed by atoms with Crippen molar-refractivity contribution in [2.45, 2.75) is 27.2 Å². The average molecular weight is 247 g/mol. The van der Waals surface area contributed by atoms with E-state index in [0.717, 1.165) is 16.8 Å². The second-order valence-electron chi connectivity index (χ2n) is 4.95. The average Bonchev–Trinajstić information content (AvgIpc) is 2.68. The molecule has 1 fully saturated rings. The van der Waals surface area contributed by atoms with Gasteiger partial charge in [-0.25, -0.2) is 0 Å². The fraction of sp³-hybridized carbons (Fsp3) is 0.429. The zero-order valence-corrected chi connectivity index (χ0v) is 10.9. The minimum absolute atomic E-state index is 0.0985. The number of carboxylic acid groups (broad SMARTS) is 1. The lowest BCUT2D eigenvalue weighted by molar-refractivity contribution is -0.141. The van der Waals surface area contributed by atoms with Gasteiger partial charge in [-0.3, -0.25) is 9.59 Å². The van der Waals surface area contributed by atoms with Crippen molar-refractivity contribution < 1.29 is 14.7 Å². The van der Waals surface area contributed by atoms with Gasteiger partial charge in [0.15, 0.2) is 0 Å². The smallest absolute Gasteiger partial charge is 0.308 e. The fourth-order valence-electron chi connectivity index (χ4n) is 2.29. The minimum Gasteiger partial charge on any atom is -0.481 e. The van der Waals surface area contributed by atoms with Gasteiger partial charge >= 0.3 is 5.97 Å². The molecule has 0 saturated carbocycles. The highest BCUT2D eigenvalue weighted by Gasteiger charge is 2.35. The monoisotopic (exact) mass is 247 g/mol. The van der Waals surface area contributed by atoms with E-state index in [1.54, 1.807) is 4.90 Å². The summed E-state index contributed by atoms with van der Waals surface area (Å²) in [6.45, 7) is 6.32. The van der Waals surface area contributed by atoms with Gasteiger partial charge in [0.25, 0.3) is 0 Å². The molecular formula is C14H17NO3. The zero-order chi connectivity index (χ0) is 13.4. The highest BCUT2D eigenvalue weighted by atomic mass is 16.4. The van der Waals surface area contributed by atoms with E-state index in [-0.39, 0.29) is 18.9 Å². The van der Waals surface area contributed by atoms with Crippen LogP contribution in [0.1, 0.15) is 23.1 Å². The number of amides is 1. The second-order valence-corrected chi connectivity index (χ2v) is 4.95. The molecule has 1 heterocycles. The van der Waals surface area contributed by atoms with Gasteiger partial charge in [0.2, 0.25) is 5.91 Å². The number of aryl methyl sites for hydroxylation is 2. The summed E-state index contributed by atoms with van der Waals surface area (Å²) in [6, 6.07) is 3.90. The maximum atomic E-state index is 11.9. The summed E-state index contributed by atoms with van der Waals surface area (Å²) < 4.78 is 0. The van der Waals surface area contributed by atoms with Crippen LogP contribution < -0.4 is 4.90 Å². The Balaban J connectivity index is 2.33. The van der Waals surface area contributed by atoms with Crippen LogP contribution in [0.25, 0.3) is 0 Å². The Bertz CT molecular complexity index is 499. The van der Waals surface area contributed by atoms with E-state index >= 15 is 0 Å². The fourth-order valence-corrected chi connectivity index (χ4v) is 2.29. The third-order valence-corrected chi connectivity index (χ3v) is 3.70. The van der Waals surface area contributed by atoms with Crippen LogP contribution in [0.15, 0.2) is 12.1 Å². The highest BCUT2D eigenvalue weighted by Crippen LogP contribution is 2.28. The number of benzene rings is 1. The van der Waals surface area contributed by atoms with Gasteiger partial charge in [0, 0.05) is 18.7 Å². The maximum absolute atomic E-state index is 11.9. The van der Waals surface area contributed by atoms with Crippen molar-refractivity contribution in [3.05, 3.63) is 28.8 Å². The molecule has 1 unspecified atom stereocenters. The Morgan fingerprint density at radius 2 is 1.83 bits per heavy atom. The third kappa shape index (κ3) is 2.10. The van der Waals surface area contributed by atoms with Crippen molar-refractivity contribution in [1.29, 1.82) is 0 Å². The predicted molar refractivity (Wildman–Crippen MR) is 68.7 cm³/mol. The zero-order valence-electron chi connectivity index (χ0n) is 10.9. The van der Waals surface area contributed by atoms with E-state index in [9.17, 15) is 9.59 Å². The van der Waals surface area contributed by atoms with Crippen molar-refractivity contribution in [3.8, 4) is 0 Å². The topological polar surface area (TPSA) is 57.6 Å². The Kier molecular flexibility index (Phi) is 3.11. The summed E-state index contributed by atoms with van der Waals surface area (Å²) >= 11 is 0. The van der Waals surface area contributed by atoms with Gasteiger partial charge in [-0.05, 0) is 49.6 Å². The SMILES string of the molecule is Cc1cc(N2CC(C(=O)O)CC2=O)cc(C)c1C. The van der Waals surface area contributed by atoms with Crippen LogP contribution in [-0.4, -0.2) is 23.5 Å². The minimum atomic E-state index is -0.897. The number of rotatable bonds is 2. The molecule has 18 heavy (non-hydrogen) atoms. The number of aliphatic carboxylic acids is 1. The first-order chi connectivity index (χ1) is 8.40. The van der Waals surface area contributed by atoms with Crippen LogP contribution in [-0.2, 0) is 9.59 Å². The number of carbonyl (C=O) groups excluding carboxylic acids is 1. The molecule has 0 bridgehead atoms. The van der Waals surface area contributed by atoms with Crippen molar-refractivity contribution in [1.82, 2.24) is 0 Å². The van der Waals surface area contributed by atoms with E-state index in [4.69, 9.17) is 5.11 Å². The molecule has 1 aromatic rings. The predicted octanol–water partition coefficient (Wildman–Crippen LogP) is 2.05. The lowest BCUT2D eigenvalue weighted by Gasteiger charge is -2.19. The van der Waals surface area contributed by atoms with Gasteiger partial charge in [0.05, 0.1) is 5.92 Å². The number of nitrogens with zero attached hydrogens (tertiary/aromatic N) is 1.